The number of aromatic nitrogens is 3. The van der Waals surface area contributed by atoms with Gasteiger partial charge < -0.3 is 14.6 Å². The zero-order valence-corrected chi connectivity index (χ0v) is 15.2. The molecule has 3 rings (SSSR count). The molecule has 0 aliphatic carbocycles. The number of hydrogen-bond acceptors (Lipinski definition) is 4. The van der Waals surface area contributed by atoms with E-state index in [1.165, 1.54) is 11.5 Å². The molecule has 8 nitrogen and oxygen atoms in total. The lowest BCUT2D eigenvalue weighted by atomic mass is 9.96. The summed E-state index contributed by atoms with van der Waals surface area (Å²) in [4.78, 5) is 37.7. The summed E-state index contributed by atoms with van der Waals surface area (Å²) in [6.07, 6.45) is 2.06. The SMILES string of the molecule is CC(=O)N1CCc2c(cn(CCn3nc(C)cc3C)c(=O)c2C(=O)O)C1. The molecule has 0 saturated carbocycles. The summed E-state index contributed by atoms with van der Waals surface area (Å²) in [6, 6.07) is 1.95. The average molecular weight is 358 g/mol. The minimum Gasteiger partial charge on any atom is -0.477 e. The third-order valence-corrected chi connectivity index (χ3v) is 4.78. The second kappa shape index (κ2) is 6.78. The second-order valence-corrected chi connectivity index (χ2v) is 6.65. The summed E-state index contributed by atoms with van der Waals surface area (Å²) in [6.45, 7) is 6.85. The van der Waals surface area contributed by atoms with Gasteiger partial charge in [0, 0.05) is 38.4 Å². The van der Waals surface area contributed by atoms with Crippen molar-refractivity contribution >= 4 is 11.9 Å². The van der Waals surface area contributed by atoms with Crippen LogP contribution in [0.5, 0.6) is 0 Å². The summed E-state index contributed by atoms with van der Waals surface area (Å²) >= 11 is 0. The van der Waals surface area contributed by atoms with Crippen molar-refractivity contribution in [3.05, 3.63) is 50.7 Å². The largest absolute Gasteiger partial charge is 0.477 e. The molecule has 0 saturated heterocycles. The molecular weight excluding hydrogens is 336 g/mol. The first-order chi connectivity index (χ1) is 12.3. The lowest BCUT2D eigenvalue weighted by Crippen LogP contribution is -2.39. The van der Waals surface area contributed by atoms with Gasteiger partial charge in [-0.1, -0.05) is 0 Å². The highest BCUT2D eigenvalue weighted by Gasteiger charge is 2.26. The molecule has 3 heterocycles. The number of carbonyl (C=O) groups is 2. The maximum absolute atomic E-state index is 12.7. The highest BCUT2D eigenvalue weighted by atomic mass is 16.4. The van der Waals surface area contributed by atoms with Gasteiger partial charge in [0.2, 0.25) is 5.91 Å². The van der Waals surface area contributed by atoms with E-state index in [9.17, 15) is 19.5 Å². The van der Waals surface area contributed by atoms with Crippen molar-refractivity contribution in [1.29, 1.82) is 0 Å². The van der Waals surface area contributed by atoms with Gasteiger partial charge in [0.1, 0.15) is 5.56 Å². The first-order valence-corrected chi connectivity index (χ1v) is 8.53. The number of nitrogens with zero attached hydrogens (tertiary/aromatic N) is 4. The number of hydrogen-bond donors (Lipinski definition) is 1. The molecule has 2 aromatic rings. The number of aryl methyl sites for hydroxylation is 4. The van der Waals surface area contributed by atoms with Gasteiger partial charge in [-0.25, -0.2) is 4.79 Å². The molecule has 0 fully saturated rings. The Balaban J connectivity index is 1.97. The highest BCUT2D eigenvalue weighted by molar-refractivity contribution is 5.89. The molecule has 1 aliphatic heterocycles. The monoisotopic (exact) mass is 358 g/mol. The molecule has 8 heteroatoms. The van der Waals surface area contributed by atoms with Crippen LogP contribution in [-0.2, 0) is 30.8 Å². The average Bonchev–Trinajstić information content (AvgIpc) is 2.89. The Morgan fingerprint density at radius 3 is 2.58 bits per heavy atom. The number of amides is 1. The molecule has 138 valence electrons. The van der Waals surface area contributed by atoms with E-state index in [4.69, 9.17) is 0 Å². The van der Waals surface area contributed by atoms with Gasteiger partial charge in [-0.15, -0.1) is 0 Å². The third kappa shape index (κ3) is 3.26. The smallest absolute Gasteiger partial charge is 0.341 e. The Labute approximate surface area is 150 Å². The number of carboxylic acid groups (broad SMARTS) is 1. The van der Waals surface area contributed by atoms with Gasteiger partial charge in [0.15, 0.2) is 0 Å². The predicted octanol–water partition coefficient (Wildman–Crippen LogP) is 0.965. The topological polar surface area (TPSA) is 97.4 Å². The predicted molar refractivity (Wildman–Crippen MR) is 94.2 cm³/mol. The molecule has 1 amide bonds. The van der Waals surface area contributed by atoms with Crippen molar-refractivity contribution < 1.29 is 14.7 Å². The van der Waals surface area contributed by atoms with Gasteiger partial charge in [-0.05, 0) is 37.5 Å². The van der Waals surface area contributed by atoms with E-state index in [0.717, 1.165) is 17.0 Å². The molecule has 2 aromatic heterocycles. The van der Waals surface area contributed by atoms with Crippen LogP contribution >= 0.6 is 0 Å². The molecule has 0 radical (unpaired) electrons. The number of carbonyl (C=O) groups excluding carboxylic acids is 1. The van der Waals surface area contributed by atoms with Crippen LogP contribution in [0.15, 0.2) is 17.1 Å². The van der Waals surface area contributed by atoms with Gasteiger partial charge >= 0.3 is 5.97 Å². The first-order valence-electron chi connectivity index (χ1n) is 8.53. The third-order valence-electron chi connectivity index (χ3n) is 4.78. The van der Waals surface area contributed by atoms with Crippen molar-refractivity contribution in [1.82, 2.24) is 19.2 Å². The second-order valence-electron chi connectivity index (χ2n) is 6.65. The number of pyridine rings is 1. The Morgan fingerprint density at radius 1 is 1.27 bits per heavy atom. The summed E-state index contributed by atoms with van der Waals surface area (Å²) in [5.74, 6) is -1.28. The van der Waals surface area contributed by atoms with Crippen molar-refractivity contribution in [2.75, 3.05) is 6.54 Å². The van der Waals surface area contributed by atoms with Crippen LogP contribution in [0.2, 0.25) is 0 Å². The molecule has 26 heavy (non-hydrogen) atoms. The van der Waals surface area contributed by atoms with Gasteiger partial charge in [-0.3, -0.25) is 14.3 Å². The van der Waals surface area contributed by atoms with Crippen LogP contribution in [0, 0.1) is 13.8 Å². The number of carboxylic acids is 1. The molecular formula is C18H22N4O4. The zero-order chi connectivity index (χ0) is 19.0. The van der Waals surface area contributed by atoms with E-state index in [-0.39, 0.29) is 11.5 Å². The van der Waals surface area contributed by atoms with Gasteiger partial charge in [-0.2, -0.15) is 5.10 Å². The van der Waals surface area contributed by atoms with E-state index >= 15 is 0 Å². The van der Waals surface area contributed by atoms with Crippen LogP contribution in [0.25, 0.3) is 0 Å². The van der Waals surface area contributed by atoms with E-state index in [0.29, 0.717) is 38.2 Å². The van der Waals surface area contributed by atoms with E-state index in [2.05, 4.69) is 5.10 Å². The van der Waals surface area contributed by atoms with Crippen LogP contribution in [0.4, 0.5) is 0 Å². The lowest BCUT2D eigenvalue weighted by Gasteiger charge is -2.29. The Hall–Kier alpha value is -2.90. The van der Waals surface area contributed by atoms with Gasteiger partial charge in [0.25, 0.3) is 5.56 Å². The molecule has 1 aliphatic rings. The molecule has 0 aromatic carbocycles. The molecule has 0 atom stereocenters. The standard InChI is InChI=1S/C18H22N4O4/c1-11-8-12(2)22(19-11)7-6-21-10-14-9-20(13(3)23)5-4-15(14)16(17(21)24)18(25)26/h8,10H,4-7,9H2,1-3H3,(H,25,26). The van der Waals surface area contributed by atoms with E-state index in [1.54, 1.807) is 15.8 Å². The Kier molecular flexibility index (Phi) is 4.67. The number of rotatable bonds is 4. The molecule has 0 unspecified atom stereocenters. The normalized spacial score (nSPS) is 13.6. The van der Waals surface area contributed by atoms with Crippen molar-refractivity contribution in [2.45, 2.75) is 46.8 Å². The minimum absolute atomic E-state index is 0.0621. The maximum Gasteiger partial charge on any atom is 0.341 e. The first kappa shape index (κ1) is 17.9. The quantitative estimate of drug-likeness (QED) is 0.878. The van der Waals surface area contributed by atoms with Gasteiger partial charge in [0.05, 0.1) is 12.2 Å². The fraction of sp³-hybridized carbons (Fsp3) is 0.444. The molecule has 1 N–H and O–H groups in total. The highest BCUT2D eigenvalue weighted by Crippen LogP contribution is 2.21. The van der Waals surface area contributed by atoms with Crippen molar-refractivity contribution in [2.24, 2.45) is 0 Å². The summed E-state index contributed by atoms with van der Waals surface area (Å²) in [7, 11) is 0. The maximum atomic E-state index is 12.7. The molecule has 0 spiro atoms. The zero-order valence-electron chi connectivity index (χ0n) is 15.2. The molecule has 0 bridgehead atoms. The van der Waals surface area contributed by atoms with Crippen LogP contribution in [-0.4, -0.2) is 42.8 Å². The summed E-state index contributed by atoms with van der Waals surface area (Å²) in [5, 5.41) is 13.9. The van der Waals surface area contributed by atoms with Crippen LogP contribution < -0.4 is 5.56 Å². The Morgan fingerprint density at radius 2 is 2.00 bits per heavy atom. The summed E-state index contributed by atoms with van der Waals surface area (Å²) < 4.78 is 3.21. The fourth-order valence-electron chi connectivity index (χ4n) is 3.47. The number of fused-ring (bicyclic) bond motifs is 1. The van der Waals surface area contributed by atoms with E-state index in [1.807, 2.05) is 19.9 Å². The van der Waals surface area contributed by atoms with Crippen molar-refractivity contribution in [3.63, 3.8) is 0 Å². The summed E-state index contributed by atoms with van der Waals surface area (Å²) in [5.41, 5.74) is 2.45. The lowest BCUT2D eigenvalue weighted by molar-refractivity contribution is -0.129. The Bertz CT molecular complexity index is 941. The van der Waals surface area contributed by atoms with Crippen LogP contribution in [0.1, 0.15) is 39.8 Å². The van der Waals surface area contributed by atoms with Crippen LogP contribution in [0.3, 0.4) is 0 Å². The van der Waals surface area contributed by atoms with E-state index < -0.39 is 11.5 Å². The number of aromatic carboxylic acids is 1. The fourth-order valence-corrected chi connectivity index (χ4v) is 3.47. The van der Waals surface area contributed by atoms with Crippen molar-refractivity contribution in [3.8, 4) is 0 Å². The minimum atomic E-state index is -1.22.